The van der Waals surface area contributed by atoms with E-state index in [1.165, 1.54) is 12.0 Å². The number of methoxy groups -OCH3 is 1. The minimum Gasteiger partial charge on any atom is -0.507 e. The number of Topliss-reactive ketones (excluding diaryl/α,β-unsaturated/α-hetero) is 1. The van der Waals surface area contributed by atoms with Gasteiger partial charge in [0.1, 0.15) is 23.3 Å². The Morgan fingerprint density at radius 1 is 1.15 bits per heavy atom. The molecule has 1 atom stereocenters. The number of rotatable bonds is 5. The van der Waals surface area contributed by atoms with E-state index in [4.69, 9.17) is 9.15 Å². The molecule has 26 heavy (non-hydrogen) atoms. The molecule has 0 saturated carbocycles. The standard InChI is InChI=1S/C20H21NO5/c1-12-4-7-14(8-5-12)18(22)16-17(15-9-6-13(2)26-15)21(10-11-25-3)20(24)19(16)23/h4-9,17,22H,10-11H2,1-3H3/b18-16-. The first-order valence-corrected chi connectivity index (χ1v) is 8.34. The predicted molar refractivity (Wildman–Crippen MR) is 95.5 cm³/mol. The van der Waals surface area contributed by atoms with Gasteiger partial charge in [0.05, 0.1) is 12.2 Å². The molecule has 1 aliphatic heterocycles. The van der Waals surface area contributed by atoms with Crippen LogP contribution in [-0.4, -0.2) is 42.0 Å². The highest BCUT2D eigenvalue weighted by Gasteiger charge is 2.47. The number of carbonyl (C=O) groups excluding carboxylic acids is 2. The highest BCUT2D eigenvalue weighted by Crippen LogP contribution is 2.39. The van der Waals surface area contributed by atoms with E-state index in [-0.39, 0.29) is 24.5 Å². The highest BCUT2D eigenvalue weighted by atomic mass is 16.5. The van der Waals surface area contributed by atoms with Crippen molar-refractivity contribution in [2.24, 2.45) is 0 Å². The summed E-state index contributed by atoms with van der Waals surface area (Å²) >= 11 is 0. The van der Waals surface area contributed by atoms with Crippen molar-refractivity contribution in [1.82, 2.24) is 4.90 Å². The molecule has 6 heteroatoms. The molecular weight excluding hydrogens is 334 g/mol. The molecule has 0 spiro atoms. The first-order chi connectivity index (χ1) is 12.4. The lowest BCUT2D eigenvalue weighted by atomic mass is 9.99. The van der Waals surface area contributed by atoms with Gasteiger partial charge in [-0.2, -0.15) is 0 Å². The number of ketones is 1. The van der Waals surface area contributed by atoms with Crippen molar-refractivity contribution in [3.63, 3.8) is 0 Å². The van der Waals surface area contributed by atoms with Gasteiger partial charge in [0.15, 0.2) is 0 Å². The SMILES string of the molecule is COCCN1C(=O)C(=O)/C(=C(\O)c2ccc(C)cc2)C1c1ccc(C)o1. The molecule has 136 valence electrons. The fourth-order valence-electron chi connectivity index (χ4n) is 3.06. The lowest BCUT2D eigenvalue weighted by molar-refractivity contribution is -0.140. The summed E-state index contributed by atoms with van der Waals surface area (Å²) in [4.78, 5) is 26.6. The maximum atomic E-state index is 12.7. The van der Waals surface area contributed by atoms with Crippen molar-refractivity contribution in [2.75, 3.05) is 20.3 Å². The third-order valence-corrected chi connectivity index (χ3v) is 4.43. The van der Waals surface area contributed by atoms with Crippen LogP contribution >= 0.6 is 0 Å². The molecule has 1 N–H and O–H groups in total. The summed E-state index contributed by atoms with van der Waals surface area (Å²) in [6.07, 6.45) is 0. The number of benzene rings is 1. The second-order valence-electron chi connectivity index (χ2n) is 6.30. The number of carbonyl (C=O) groups is 2. The second kappa shape index (κ2) is 7.17. The summed E-state index contributed by atoms with van der Waals surface area (Å²) in [6.45, 7) is 4.20. The molecule has 1 amide bonds. The monoisotopic (exact) mass is 355 g/mol. The third kappa shape index (κ3) is 3.15. The van der Waals surface area contributed by atoms with Crippen LogP contribution in [0.25, 0.3) is 5.76 Å². The Hall–Kier alpha value is -2.86. The van der Waals surface area contributed by atoms with E-state index in [1.54, 1.807) is 31.2 Å². The Morgan fingerprint density at radius 3 is 2.42 bits per heavy atom. The lowest BCUT2D eigenvalue weighted by Crippen LogP contribution is -2.32. The summed E-state index contributed by atoms with van der Waals surface area (Å²) < 4.78 is 10.7. The Kier molecular flexibility index (Phi) is 4.95. The molecule has 0 bridgehead atoms. The van der Waals surface area contributed by atoms with Crippen LogP contribution < -0.4 is 0 Å². The number of furan rings is 1. The summed E-state index contributed by atoms with van der Waals surface area (Å²) in [6, 6.07) is 9.81. The van der Waals surface area contributed by atoms with E-state index in [1.807, 2.05) is 19.1 Å². The van der Waals surface area contributed by atoms with Gasteiger partial charge in [0.25, 0.3) is 11.7 Å². The number of amides is 1. The quantitative estimate of drug-likeness (QED) is 0.507. The van der Waals surface area contributed by atoms with Crippen molar-refractivity contribution in [1.29, 1.82) is 0 Å². The summed E-state index contributed by atoms with van der Waals surface area (Å²) in [5.74, 6) is -0.505. The number of likely N-dealkylation sites (tertiary alicyclic amines) is 1. The number of aliphatic hydroxyl groups is 1. The maximum absolute atomic E-state index is 12.7. The molecule has 1 aromatic carbocycles. The number of nitrogens with zero attached hydrogens (tertiary/aromatic N) is 1. The van der Waals surface area contributed by atoms with Crippen LogP contribution in [0.2, 0.25) is 0 Å². The van der Waals surface area contributed by atoms with Crippen molar-refractivity contribution < 1.29 is 23.8 Å². The van der Waals surface area contributed by atoms with Gasteiger partial charge in [0, 0.05) is 19.2 Å². The topological polar surface area (TPSA) is 80.0 Å². The molecule has 0 aliphatic carbocycles. The van der Waals surface area contributed by atoms with Crippen LogP contribution in [0.5, 0.6) is 0 Å². The number of hydrogen-bond acceptors (Lipinski definition) is 5. The molecule has 1 aromatic heterocycles. The molecule has 3 rings (SSSR count). The third-order valence-electron chi connectivity index (χ3n) is 4.43. The largest absolute Gasteiger partial charge is 0.507 e. The van der Waals surface area contributed by atoms with Crippen LogP contribution in [0.15, 0.2) is 46.4 Å². The van der Waals surface area contributed by atoms with E-state index in [0.717, 1.165) is 5.56 Å². The first kappa shape index (κ1) is 17.9. The second-order valence-corrected chi connectivity index (χ2v) is 6.30. The number of aliphatic hydroxyl groups excluding tert-OH is 1. The number of hydrogen-bond donors (Lipinski definition) is 1. The van der Waals surface area contributed by atoms with E-state index in [9.17, 15) is 14.7 Å². The molecule has 2 heterocycles. The Morgan fingerprint density at radius 2 is 1.85 bits per heavy atom. The average molecular weight is 355 g/mol. The van der Waals surface area contributed by atoms with Crippen LogP contribution in [0.1, 0.15) is 28.7 Å². The molecule has 0 radical (unpaired) electrons. The molecular formula is C20H21NO5. The molecule has 6 nitrogen and oxygen atoms in total. The van der Waals surface area contributed by atoms with Crippen molar-refractivity contribution in [3.05, 3.63) is 64.6 Å². The molecule has 1 unspecified atom stereocenters. The van der Waals surface area contributed by atoms with Crippen LogP contribution in [0.3, 0.4) is 0 Å². The zero-order valence-electron chi connectivity index (χ0n) is 15.0. The number of aryl methyl sites for hydroxylation is 2. The van der Waals surface area contributed by atoms with E-state index >= 15 is 0 Å². The van der Waals surface area contributed by atoms with Gasteiger partial charge in [-0.05, 0) is 26.0 Å². The van der Waals surface area contributed by atoms with Crippen LogP contribution in [0.4, 0.5) is 0 Å². The van der Waals surface area contributed by atoms with E-state index in [0.29, 0.717) is 17.1 Å². The van der Waals surface area contributed by atoms with Gasteiger partial charge in [-0.25, -0.2) is 0 Å². The van der Waals surface area contributed by atoms with Crippen LogP contribution in [0, 0.1) is 13.8 Å². The van der Waals surface area contributed by atoms with Crippen LogP contribution in [-0.2, 0) is 14.3 Å². The smallest absolute Gasteiger partial charge is 0.295 e. The molecule has 2 aromatic rings. The van der Waals surface area contributed by atoms with Gasteiger partial charge in [-0.3, -0.25) is 9.59 Å². The fraction of sp³-hybridized carbons (Fsp3) is 0.300. The zero-order chi connectivity index (χ0) is 18.8. The lowest BCUT2D eigenvalue weighted by Gasteiger charge is -2.22. The summed E-state index contributed by atoms with van der Waals surface area (Å²) in [7, 11) is 1.52. The van der Waals surface area contributed by atoms with Gasteiger partial charge in [-0.15, -0.1) is 0 Å². The summed E-state index contributed by atoms with van der Waals surface area (Å²) in [5, 5.41) is 10.8. The molecule has 1 aliphatic rings. The average Bonchev–Trinajstić information content (AvgIpc) is 3.15. The first-order valence-electron chi connectivity index (χ1n) is 8.34. The van der Waals surface area contributed by atoms with Gasteiger partial charge < -0.3 is 19.2 Å². The van der Waals surface area contributed by atoms with Gasteiger partial charge in [0.2, 0.25) is 0 Å². The highest BCUT2D eigenvalue weighted by molar-refractivity contribution is 6.46. The fourth-order valence-corrected chi connectivity index (χ4v) is 3.06. The normalized spacial score (nSPS) is 19.3. The van der Waals surface area contributed by atoms with Gasteiger partial charge in [-0.1, -0.05) is 29.8 Å². The summed E-state index contributed by atoms with van der Waals surface area (Å²) in [5.41, 5.74) is 1.54. The van der Waals surface area contributed by atoms with Gasteiger partial charge >= 0.3 is 0 Å². The maximum Gasteiger partial charge on any atom is 0.295 e. The van der Waals surface area contributed by atoms with Crippen molar-refractivity contribution in [3.8, 4) is 0 Å². The number of ether oxygens (including phenoxy) is 1. The Bertz CT molecular complexity index is 863. The Labute approximate surface area is 151 Å². The minimum atomic E-state index is -0.778. The Balaban J connectivity index is 2.13. The molecule has 1 saturated heterocycles. The van der Waals surface area contributed by atoms with E-state index in [2.05, 4.69) is 0 Å². The van der Waals surface area contributed by atoms with E-state index < -0.39 is 17.7 Å². The minimum absolute atomic E-state index is 0.0318. The predicted octanol–water partition coefficient (Wildman–Crippen LogP) is 2.96. The molecule has 1 fully saturated rings. The van der Waals surface area contributed by atoms with Crippen molar-refractivity contribution >= 4 is 17.4 Å². The zero-order valence-corrected chi connectivity index (χ0v) is 15.0. The van der Waals surface area contributed by atoms with Crippen molar-refractivity contribution in [2.45, 2.75) is 19.9 Å².